The Morgan fingerprint density at radius 1 is 1.29 bits per heavy atom. The molecule has 0 amide bonds. The van der Waals surface area contributed by atoms with Crippen LogP contribution in [0.1, 0.15) is 6.23 Å². The number of rotatable bonds is 2. The maximum absolute atomic E-state index is 11.7. The minimum Gasteiger partial charge on any atom is -0.394 e. The molecule has 0 saturated carbocycles. The number of hydrogen-bond acceptors (Lipinski definition) is 7. The quantitative estimate of drug-likeness (QED) is 0.379. The Balaban J connectivity index is 2.19. The number of imidazole rings is 1. The van der Waals surface area contributed by atoms with E-state index in [1.165, 1.54) is 4.57 Å². The minimum absolute atomic E-state index is 0.0328. The highest BCUT2D eigenvalue weighted by Gasteiger charge is 2.44. The summed E-state index contributed by atoms with van der Waals surface area (Å²) in [5, 5.41) is 28.9. The SMILES string of the molecule is O=c1[nH]c(=O)c2nc(Br)n([C@H]3O[C@H](CO)[C@@H](O)[C@@H]3O)c2[nH]1. The van der Waals surface area contributed by atoms with Crippen molar-refractivity contribution in [1.29, 1.82) is 0 Å². The lowest BCUT2D eigenvalue weighted by Crippen LogP contribution is -2.33. The Hall–Kier alpha value is -1.53. The van der Waals surface area contributed by atoms with Gasteiger partial charge in [0.05, 0.1) is 6.61 Å². The summed E-state index contributed by atoms with van der Waals surface area (Å²) >= 11 is 3.11. The molecule has 11 heteroatoms. The number of aromatic nitrogens is 4. The van der Waals surface area contributed by atoms with Crippen LogP contribution in [0.2, 0.25) is 0 Å². The standard InChI is InChI=1S/C10H11BrN4O6/c11-9-12-3-6(13-10(20)14-7(3)19)15(9)8-5(18)4(17)2(1-16)21-8/h2,4-5,8,16-18H,1H2,(H2,13,14,19,20)/t2-,4-,5+,8+/m1/s1. The van der Waals surface area contributed by atoms with Gasteiger partial charge >= 0.3 is 5.69 Å². The molecule has 1 fully saturated rings. The topological polar surface area (TPSA) is 153 Å². The lowest BCUT2D eigenvalue weighted by molar-refractivity contribution is -0.0521. The van der Waals surface area contributed by atoms with Crippen molar-refractivity contribution >= 4 is 27.1 Å². The number of hydrogen-bond donors (Lipinski definition) is 5. The molecule has 2 aromatic heterocycles. The fourth-order valence-electron chi connectivity index (χ4n) is 2.31. The number of aliphatic hydroxyl groups is 3. The third-order valence-corrected chi connectivity index (χ3v) is 3.87. The first kappa shape index (κ1) is 14.4. The van der Waals surface area contributed by atoms with Gasteiger partial charge in [-0.05, 0) is 15.9 Å². The molecule has 21 heavy (non-hydrogen) atoms. The van der Waals surface area contributed by atoms with E-state index in [1.54, 1.807) is 0 Å². The van der Waals surface area contributed by atoms with Gasteiger partial charge in [-0.1, -0.05) is 0 Å². The number of aliphatic hydroxyl groups excluding tert-OH is 3. The van der Waals surface area contributed by atoms with E-state index in [0.29, 0.717) is 0 Å². The molecule has 0 bridgehead atoms. The van der Waals surface area contributed by atoms with Crippen LogP contribution in [0.5, 0.6) is 0 Å². The van der Waals surface area contributed by atoms with Crippen molar-refractivity contribution < 1.29 is 20.1 Å². The van der Waals surface area contributed by atoms with E-state index in [4.69, 9.17) is 9.84 Å². The lowest BCUT2D eigenvalue weighted by Gasteiger charge is -2.17. The summed E-state index contributed by atoms with van der Waals surface area (Å²) in [6, 6.07) is 0. The van der Waals surface area contributed by atoms with Crippen molar-refractivity contribution in [2.75, 3.05) is 6.61 Å². The first-order chi connectivity index (χ1) is 9.93. The normalized spacial score (nSPS) is 29.3. The number of aromatic amines is 2. The summed E-state index contributed by atoms with van der Waals surface area (Å²) < 4.78 is 6.71. The third kappa shape index (κ3) is 2.13. The van der Waals surface area contributed by atoms with Crippen molar-refractivity contribution in [1.82, 2.24) is 19.5 Å². The average molecular weight is 363 g/mol. The van der Waals surface area contributed by atoms with Gasteiger partial charge in [-0.2, -0.15) is 0 Å². The summed E-state index contributed by atoms with van der Waals surface area (Å²) in [6.07, 6.45) is -4.77. The molecular formula is C10H11BrN4O6. The zero-order chi connectivity index (χ0) is 15.3. The Morgan fingerprint density at radius 3 is 2.62 bits per heavy atom. The summed E-state index contributed by atoms with van der Waals surface area (Å²) in [6.45, 7) is -0.490. The van der Waals surface area contributed by atoms with Gasteiger partial charge in [-0.15, -0.1) is 0 Å². The van der Waals surface area contributed by atoms with Crippen molar-refractivity contribution in [2.24, 2.45) is 0 Å². The predicted molar refractivity (Wildman–Crippen MR) is 71.7 cm³/mol. The van der Waals surface area contributed by atoms with Crippen molar-refractivity contribution in [3.8, 4) is 0 Å². The fourth-order valence-corrected chi connectivity index (χ4v) is 2.87. The zero-order valence-corrected chi connectivity index (χ0v) is 11.9. The van der Waals surface area contributed by atoms with Gasteiger partial charge in [0.25, 0.3) is 5.56 Å². The van der Waals surface area contributed by atoms with Crippen LogP contribution >= 0.6 is 15.9 Å². The van der Waals surface area contributed by atoms with E-state index in [2.05, 4.69) is 25.9 Å². The molecule has 0 aliphatic carbocycles. The van der Waals surface area contributed by atoms with Gasteiger partial charge in [-0.25, -0.2) is 9.78 Å². The van der Waals surface area contributed by atoms with Crippen molar-refractivity contribution in [2.45, 2.75) is 24.5 Å². The van der Waals surface area contributed by atoms with Crippen LogP contribution < -0.4 is 11.2 Å². The van der Waals surface area contributed by atoms with Crippen LogP contribution in [0.15, 0.2) is 14.3 Å². The molecule has 10 nitrogen and oxygen atoms in total. The van der Waals surface area contributed by atoms with Gasteiger partial charge in [-0.3, -0.25) is 19.3 Å². The average Bonchev–Trinajstić information content (AvgIpc) is 2.89. The van der Waals surface area contributed by atoms with E-state index in [-0.39, 0.29) is 15.9 Å². The number of fused-ring (bicyclic) bond motifs is 1. The molecule has 2 aromatic rings. The summed E-state index contributed by atoms with van der Waals surface area (Å²) in [4.78, 5) is 31.4. The molecule has 3 heterocycles. The number of H-pyrrole nitrogens is 2. The minimum atomic E-state index is -1.36. The molecule has 0 aromatic carbocycles. The van der Waals surface area contributed by atoms with Gasteiger partial charge in [0.1, 0.15) is 18.3 Å². The largest absolute Gasteiger partial charge is 0.394 e. The van der Waals surface area contributed by atoms with Gasteiger partial charge in [0.2, 0.25) is 0 Å². The van der Waals surface area contributed by atoms with E-state index in [9.17, 15) is 19.8 Å². The Bertz CT molecular complexity index is 797. The maximum atomic E-state index is 11.7. The third-order valence-electron chi connectivity index (χ3n) is 3.31. The molecule has 3 rings (SSSR count). The summed E-state index contributed by atoms with van der Waals surface area (Å²) in [5.41, 5.74) is -1.46. The van der Waals surface area contributed by atoms with Crippen LogP contribution in [0, 0.1) is 0 Å². The maximum Gasteiger partial charge on any atom is 0.327 e. The first-order valence-electron chi connectivity index (χ1n) is 5.96. The molecule has 114 valence electrons. The molecule has 5 N–H and O–H groups in total. The van der Waals surface area contributed by atoms with Gasteiger partial charge in [0, 0.05) is 0 Å². The zero-order valence-electron chi connectivity index (χ0n) is 10.4. The second kappa shape index (κ2) is 5.03. The number of nitrogens with one attached hydrogen (secondary N) is 2. The highest BCUT2D eigenvalue weighted by Crippen LogP contribution is 2.33. The molecule has 1 aliphatic heterocycles. The molecular weight excluding hydrogens is 352 g/mol. The van der Waals surface area contributed by atoms with Crippen LogP contribution in [-0.4, -0.2) is 59.8 Å². The Morgan fingerprint density at radius 2 is 2.00 bits per heavy atom. The molecule has 0 spiro atoms. The van der Waals surface area contributed by atoms with Crippen molar-refractivity contribution in [3.63, 3.8) is 0 Å². The van der Waals surface area contributed by atoms with Crippen LogP contribution in [0.25, 0.3) is 11.2 Å². The Labute approximate surface area is 124 Å². The number of halogens is 1. The molecule has 0 radical (unpaired) electrons. The van der Waals surface area contributed by atoms with Gasteiger partial charge in [0.15, 0.2) is 22.1 Å². The van der Waals surface area contributed by atoms with Crippen LogP contribution in [0.4, 0.5) is 0 Å². The highest BCUT2D eigenvalue weighted by molar-refractivity contribution is 9.10. The highest BCUT2D eigenvalue weighted by atomic mass is 79.9. The van der Waals surface area contributed by atoms with E-state index < -0.39 is 42.4 Å². The molecule has 1 saturated heterocycles. The first-order valence-corrected chi connectivity index (χ1v) is 6.76. The van der Waals surface area contributed by atoms with E-state index >= 15 is 0 Å². The fraction of sp³-hybridized carbons (Fsp3) is 0.500. The molecule has 1 aliphatic rings. The predicted octanol–water partition coefficient (Wildman–Crippen LogP) is -2.21. The second-order valence-corrected chi connectivity index (χ2v) is 5.29. The number of nitrogens with zero attached hydrogens (tertiary/aromatic N) is 2. The Kier molecular flexibility index (Phi) is 3.45. The van der Waals surface area contributed by atoms with E-state index in [1.807, 2.05) is 4.98 Å². The second-order valence-electron chi connectivity index (χ2n) is 4.59. The lowest BCUT2D eigenvalue weighted by atomic mass is 10.1. The van der Waals surface area contributed by atoms with Gasteiger partial charge < -0.3 is 20.1 Å². The van der Waals surface area contributed by atoms with Crippen LogP contribution in [0.3, 0.4) is 0 Å². The molecule has 0 unspecified atom stereocenters. The number of ether oxygens (including phenoxy) is 1. The van der Waals surface area contributed by atoms with E-state index in [0.717, 1.165) is 0 Å². The summed E-state index contributed by atoms with van der Waals surface area (Å²) in [5.74, 6) is 0. The smallest absolute Gasteiger partial charge is 0.327 e. The monoisotopic (exact) mass is 362 g/mol. The van der Waals surface area contributed by atoms with Crippen LogP contribution in [-0.2, 0) is 4.74 Å². The molecule has 4 atom stereocenters. The summed E-state index contributed by atoms with van der Waals surface area (Å²) in [7, 11) is 0. The van der Waals surface area contributed by atoms with Crippen molar-refractivity contribution in [3.05, 3.63) is 25.6 Å².